The van der Waals surface area contributed by atoms with Crippen LogP contribution in [0.5, 0.6) is 0 Å². The first kappa shape index (κ1) is 13.4. The lowest BCUT2D eigenvalue weighted by Gasteiger charge is -2.13. The Kier molecular flexibility index (Phi) is 4.45. The van der Waals surface area contributed by atoms with Gasteiger partial charge in [0.2, 0.25) is 0 Å². The third-order valence-corrected chi connectivity index (χ3v) is 2.41. The van der Waals surface area contributed by atoms with E-state index < -0.39 is 0 Å². The lowest BCUT2D eigenvalue weighted by atomic mass is 10.2. The third kappa shape index (κ3) is 3.70. The predicted molar refractivity (Wildman–Crippen MR) is 69.4 cm³/mol. The van der Waals surface area contributed by atoms with Crippen molar-refractivity contribution in [3.05, 3.63) is 17.5 Å². The lowest BCUT2D eigenvalue weighted by molar-refractivity contribution is 0.0943. The molecule has 0 aliphatic rings. The molecule has 0 spiro atoms. The number of rotatable bonds is 2. The SMILES string of the molecule is Cc1c(C(=O)NNC(=S)NC(C)C)cnn1C. The minimum atomic E-state index is -0.261. The van der Waals surface area contributed by atoms with E-state index in [1.165, 1.54) is 6.20 Å². The van der Waals surface area contributed by atoms with Crippen LogP contribution in [-0.2, 0) is 7.05 Å². The second-order valence-corrected chi connectivity index (χ2v) is 4.38. The van der Waals surface area contributed by atoms with Gasteiger partial charge < -0.3 is 5.32 Å². The molecule has 0 bridgehead atoms. The van der Waals surface area contributed by atoms with E-state index in [1.54, 1.807) is 11.7 Å². The van der Waals surface area contributed by atoms with E-state index in [2.05, 4.69) is 21.3 Å². The molecule has 7 heteroatoms. The van der Waals surface area contributed by atoms with Gasteiger partial charge in [-0.15, -0.1) is 0 Å². The topological polar surface area (TPSA) is 71.0 Å². The Bertz CT molecular complexity index is 426. The molecule has 0 aliphatic heterocycles. The maximum absolute atomic E-state index is 11.8. The highest BCUT2D eigenvalue weighted by molar-refractivity contribution is 7.80. The number of amides is 1. The van der Waals surface area contributed by atoms with Crippen LogP contribution >= 0.6 is 12.2 Å². The van der Waals surface area contributed by atoms with E-state index in [-0.39, 0.29) is 11.9 Å². The summed E-state index contributed by atoms with van der Waals surface area (Å²) in [5, 5.41) is 7.33. The Morgan fingerprint density at radius 1 is 1.47 bits per heavy atom. The average Bonchev–Trinajstić information content (AvgIpc) is 2.55. The van der Waals surface area contributed by atoms with Gasteiger partial charge in [0.25, 0.3) is 5.91 Å². The fourth-order valence-corrected chi connectivity index (χ4v) is 1.49. The fraction of sp³-hybridized carbons (Fsp3) is 0.500. The summed E-state index contributed by atoms with van der Waals surface area (Å²) in [6.45, 7) is 5.74. The molecule has 6 nitrogen and oxygen atoms in total. The second kappa shape index (κ2) is 5.62. The molecule has 0 saturated heterocycles. The Morgan fingerprint density at radius 3 is 2.59 bits per heavy atom. The van der Waals surface area contributed by atoms with Gasteiger partial charge in [0.15, 0.2) is 5.11 Å². The highest BCUT2D eigenvalue weighted by Gasteiger charge is 2.12. The third-order valence-electron chi connectivity index (χ3n) is 2.19. The molecule has 1 rings (SSSR count). The highest BCUT2D eigenvalue weighted by Crippen LogP contribution is 2.04. The van der Waals surface area contributed by atoms with Crippen LogP contribution < -0.4 is 16.2 Å². The molecule has 1 amide bonds. The van der Waals surface area contributed by atoms with Crippen molar-refractivity contribution in [2.24, 2.45) is 7.05 Å². The zero-order valence-corrected chi connectivity index (χ0v) is 11.2. The Hall–Kier alpha value is -1.63. The molecule has 0 radical (unpaired) electrons. The van der Waals surface area contributed by atoms with Crippen molar-refractivity contribution in [2.75, 3.05) is 0 Å². The van der Waals surface area contributed by atoms with Crippen molar-refractivity contribution >= 4 is 23.2 Å². The molecule has 1 heterocycles. The first-order chi connectivity index (χ1) is 7.91. The summed E-state index contributed by atoms with van der Waals surface area (Å²) >= 11 is 4.98. The van der Waals surface area contributed by atoms with E-state index in [4.69, 9.17) is 12.2 Å². The molecule has 0 atom stereocenters. The summed E-state index contributed by atoms with van der Waals surface area (Å²) in [4.78, 5) is 11.8. The number of nitrogens with zero attached hydrogens (tertiary/aromatic N) is 2. The van der Waals surface area contributed by atoms with Gasteiger partial charge in [-0.05, 0) is 33.0 Å². The smallest absolute Gasteiger partial charge is 0.273 e. The van der Waals surface area contributed by atoms with Crippen LogP contribution in [0.2, 0.25) is 0 Å². The van der Waals surface area contributed by atoms with Crippen LogP contribution in [0.4, 0.5) is 0 Å². The van der Waals surface area contributed by atoms with Gasteiger partial charge in [0.1, 0.15) is 0 Å². The summed E-state index contributed by atoms with van der Waals surface area (Å²) in [5.74, 6) is -0.261. The van der Waals surface area contributed by atoms with Crippen LogP contribution in [-0.4, -0.2) is 26.8 Å². The van der Waals surface area contributed by atoms with Crippen LogP contribution in [0.3, 0.4) is 0 Å². The molecule has 0 aromatic carbocycles. The van der Waals surface area contributed by atoms with Gasteiger partial charge >= 0.3 is 0 Å². The molecular weight excluding hydrogens is 238 g/mol. The first-order valence-electron chi connectivity index (χ1n) is 5.27. The Morgan fingerprint density at radius 2 is 2.12 bits per heavy atom. The average molecular weight is 255 g/mol. The minimum absolute atomic E-state index is 0.215. The van der Waals surface area contributed by atoms with Gasteiger partial charge in [-0.3, -0.25) is 20.3 Å². The van der Waals surface area contributed by atoms with E-state index in [0.717, 1.165) is 5.69 Å². The lowest BCUT2D eigenvalue weighted by Crippen LogP contribution is -2.48. The molecule has 1 aromatic rings. The maximum Gasteiger partial charge on any atom is 0.273 e. The molecule has 17 heavy (non-hydrogen) atoms. The van der Waals surface area contributed by atoms with E-state index in [1.807, 2.05) is 20.8 Å². The standard InChI is InChI=1S/C10H17N5OS/c1-6(2)12-10(17)14-13-9(16)8-5-11-15(4)7(8)3/h5-6H,1-4H3,(H,13,16)(H2,12,14,17). The summed E-state index contributed by atoms with van der Waals surface area (Å²) in [6.07, 6.45) is 1.52. The monoisotopic (exact) mass is 255 g/mol. The zero-order chi connectivity index (χ0) is 13.0. The number of carbonyl (C=O) groups is 1. The van der Waals surface area contributed by atoms with Crippen molar-refractivity contribution in [1.82, 2.24) is 25.9 Å². The van der Waals surface area contributed by atoms with Crippen molar-refractivity contribution in [2.45, 2.75) is 26.8 Å². The van der Waals surface area contributed by atoms with E-state index in [0.29, 0.717) is 10.7 Å². The Balaban J connectivity index is 2.51. The number of aryl methyl sites for hydroxylation is 1. The highest BCUT2D eigenvalue weighted by atomic mass is 32.1. The molecular formula is C10H17N5OS. The van der Waals surface area contributed by atoms with Gasteiger partial charge in [-0.1, -0.05) is 0 Å². The number of nitrogens with one attached hydrogen (secondary N) is 3. The summed E-state index contributed by atoms with van der Waals surface area (Å²) in [6, 6.07) is 0.215. The molecule has 3 N–H and O–H groups in total. The quantitative estimate of drug-likeness (QED) is 0.522. The second-order valence-electron chi connectivity index (χ2n) is 3.97. The van der Waals surface area contributed by atoms with E-state index >= 15 is 0 Å². The Labute approximate surface area is 106 Å². The zero-order valence-electron chi connectivity index (χ0n) is 10.4. The number of hydrazine groups is 1. The van der Waals surface area contributed by atoms with Crippen LogP contribution in [0.15, 0.2) is 6.20 Å². The molecule has 1 aromatic heterocycles. The largest absolute Gasteiger partial charge is 0.359 e. The predicted octanol–water partition coefficient (Wildman–Crippen LogP) is 0.246. The molecule has 0 aliphatic carbocycles. The van der Waals surface area contributed by atoms with Crippen molar-refractivity contribution < 1.29 is 4.79 Å². The summed E-state index contributed by atoms with van der Waals surface area (Å²) in [7, 11) is 1.78. The number of hydrogen-bond donors (Lipinski definition) is 3. The normalized spacial score (nSPS) is 10.2. The fourth-order valence-electron chi connectivity index (χ4n) is 1.20. The summed E-state index contributed by atoms with van der Waals surface area (Å²) in [5.41, 5.74) is 6.46. The van der Waals surface area contributed by atoms with Crippen molar-refractivity contribution in [1.29, 1.82) is 0 Å². The molecule has 0 fully saturated rings. The van der Waals surface area contributed by atoms with Gasteiger partial charge in [-0.2, -0.15) is 5.10 Å². The number of hydrogen-bond acceptors (Lipinski definition) is 3. The molecule has 0 saturated carbocycles. The minimum Gasteiger partial charge on any atom is -0.359 e. The first-order valence-corrected chi connectivity index (χ1v) is 5.68. The van der Waals surface area contributed by atoms with Crippen molar-refractivity contribution in [3.63, 3.8) is 0 Å². The number of thiocarbonyl (C=S) groups is 1. The number of carbonyl (C=O) groups excluding carboxylic acids is 1. The van der Waals surface area contributed by atoms with Crippen molar-refractivity contribution in [3.8, 4) is 0 Å². The summed E-state index contributed by atoms with van der Waals surface area (Å²) < 4.78 is 1.64. The van der Waals surface area contributed by atoms with Crippen LogP contribution in [0, 0.1) is 6.92 Å². The van der Waals surface area contributed by atoms with Gasteiger partial charge in [0.05, 0.1) is 11.8 Å². The maximum atomic E-state index is 11.8. The van der Waals surface area contributed by atoms with Gasteiger partial charge in [-0.25, -0.2) is 0 Å². The van der Waals surface area contributed by atoms with Crippen LogP contribution in [0.25, 0.3) is 0 Å². The molecule has 94 valence electrons. The van der Waals surface area contributed by atoms with Gasteiger partial charge in [0, 0.05) is 18.8 Å². The van der Waals surface area contributed by atoms with E-state index in [9.17, 15) is 4.79 Å². The molecule has 0 unspecified atom stereocenters. The van der Waals surface area contributed by atoms with Crippen LogP contribution in [0.1, 0.15) is 29.9 Å². The number of aromatic nitrogens is 2.